The third kappa shape index (κ3) is 3.94. The zero-order valence-corrected chi connectivity index (χ0v) is 17.7. The van der Waals surface area contributed by atoms with Gasteiger partial charge >= 0.3 is 0 Å². The molecule has 0 saturated heterocycles. The van der Waals surface area contributed by atoms with Gasteiger partial charge < -0.3 is 4.90 Å². The van der Waals surface area contributed by atoms with Crippen LogP contribution in [0.15, 0.2) is 21.4 Å². The molecule has 0 unspecified atom stereocenters. The van der Waals surface area contributed by atoms with Gasteiger partial charge in [0.05, 0.1) is 11.3 Å². The highest BCUT2D eigenvalue weighted by Crippen LogP contribution is 2.36. The molecule has 4 rings (SSSR count). The Morgan fingerprint density at radius 2 is 1.93 bits per heavy atom. The maximum absolute atomic E-state index is 13.1. The Bertz CT molecular complexity index is 879. The molecule has 2 aliphatic rings. The fourth-order valence-electron chi connectivity index (χ4n) is 4.09. The van der Waals surface area contributed by atoms with Gasteiger partial charge in [0.2, 0.25) is 5.91 Å². The summed E-state index contributed by atoms with van der Waals surface area (Å²) in [5, 5.41) is 2.56. The summed E-state index contributed by atoms with van der Waals surface area (Å²) >= 11 is 2.85. The highest BCUT2D eigenvalue weighted by atomic mass is 32.2. The minimum atomic E-state index is 0.00719. The van der Waals surface area contributed by atoms with Gasteiger partial charge in [-0.15, -0.1) is 11.3 Å². The minimum absolute atomic E-state index is 0.00719. The van der Waals surface area contributed by atoms with Crippen molar-refractivity contribution in [1.82, 2.24) is 14.5 Å². The molecule has 0 spiro atoms. The zero-order valence-electron chi connectivity index (χ0n) is 16.0. The lowest BCUT2D eigenvalue weighted by Gasteiger charge is -2.36. The molecule has 0 bridgehead atoms. The van der Waals surface area contributed by atoms with Crippen molar-refractivity contribution in [3.8, 4) is 0 Å². The van der Waals surface area contributed by atoms with E-state index in [4.69, 9.17) is 0 Å². The van der Waals surface area contributed by atoms with Gasteiger partial charge in [0.15, 0.2) is 5.16 Å². The molecule has 2 aromatic rings. The average molecular weight is 406 g/mol. The maximum Gasteiger partial charge on any atom is 0.272 e. The molecule has 2 aliphatic carbocycles. The van der Waals surface area contributed by atoms with Crippen molar-refractivity contribution in [2.24, 2.45) is 5.92 Å². The smallest absolute Gasteiger partial charge is 0.272 e. The molecule has 2 saturated carbocycles. The minimum Gasteiger partial charge on any atom is -0.336 e. The molecule has 2 fully saturated rings. The first-order valence-corrected chi connectivity index (χ1v) is 11.9. The number of carbonyl (C=O) groups is 1. The van der Waals surface area contributed by atoms with Crippen molar-refractivity contribution in [2.45, 2.75) is 76.2 Å². The van der Waals surface area contributed by atoms with E-state index in [1.807, 2.05) is 18.4 Å². The molecular formula is C20H27N3O2S2. The molecule has 0 aromatic carbocycles. The van der Waals surface area contributed by atoms with E-state index in [-0.39, 0.29) is 11.5 Å². The summed E-state index contributed by atoms with van der Waals surface area (Å²) in [6, 6.07) is 2.73. The van der Waals surface area contributed by atoms with Crippen LogP contribution in [-0.4, -0.2) is 38.2 Å². The van der Waals surface area contributed by atoms with Crippen molar-refractivity contribution in [1.29, 1.82) is 0 Å². The Kier molecular flexibility index (Phi) is 5.60. The lowest BCUT2D eigenvalue weighted by Crippen LogP contribution is -2.44. The Morgan fingerprint density at radius 3 is 2.56 bits per heavy atom. The van der Waals surface area contributed by atoms with E-state index in [1.165, 1.54) is 35.9 Å². The van der Waals surface area contributed by atoms with Gasteiger partial charge in [-0.25, -0.2) is 4.98 Å². The number of aromatic nitrogens is 2. The zero-order chi connectivity index (χ0) is 19.0. The van der Waals surface area contributed by atoms with Gasteiger partial charge in [0.1, 0.15) is 4.70 Å². The second-order valence-corrected chi connectivity index (χ2v) is 9.67. The quantitative estimate of drug-likeness (QED) is 0.535. The monoisotopic (exact) mass is 405 g/mol. The molecule has 0 N–H and O–H groups in total. The molecule has 2 heterocycles. The molecule has 146 valence electrons. The molecule has 0 radical (unpaired) electrons. The second kappa shape index (κ2) is 7.95. The first-order chi connectivity index (χ1) is 13.1. The lowest BCUT2D eigenvalue weighted by molar-refractivity contribution is -0.132. The van der Waals surface area contributed by atoms with E-state index in [0.717, 1.165) is 37.1 Å². The van der Waals surface area contributed by atoms with Crippen LogP contribution in [0.4, 0.5) is 0 Å². The maximum atomic E-state index is 13.1. The van der Waals surface area contributed by atoms with Gasteiger partial charge in [-0.2, -0.15) is 0 Å². The van der Waals surface area contributed by atoms with Crippen LogP contribution in [0.2, 0.25) is 0 Å². The largest absolute Gasteiger partial charge is 0.336 e. The van der Waals surface area contributed by atoms with Crippen LogP contribution >= 0.6 is 23.1 Å². The third-order valence-electron chi connectivity index (χ3n) is 5.78. The van der Waals surface area contributed by atoms with Crippen molar-refractivity contribution in [2.75, 3.05) is 5.75 Å². The standard InChI is InChI=1S/C20H27N3O2S2/c1-3-22-19(25)18-16(10-11-26-18)21-20(22)27-12-17(24)23(15-8-9-15)14-6-4-13(2)5-7-14/h10-11,13-15H,3-9,12H2,1-2H3. The summed E-state index contributed by atoms with van der Waals surface area (Å²) in [6.45, 7) is 4.84. The summed E-state index contributed by atoms with van der Waals surface area (Å²) in [5.41, 5.74) is 0.748. The summed E-state index contributed by atoms with van der Waals surface area (Å²) < 4.78 is 2.39. The number of nitrogens with zero attached hydrogens (tertiary/aromatic N) is 3. The summed E-state index contributed by atoms with van der Waals surface area (Å²) in [4.78, 5) is 32.5. The van der Waals surface area contributed by atoms with E-state index in [9.17, 15) is 9.59 Å². The second-order valence-electron chi connectivity index (χ2n) is 7.81. The van der Waals surface area contributed by atoms with Gasteiger partial charge in [0, 0.05) is 18.6 Å². The van der Waals surface area contributed by atoms with E-state index in [1.54, 1.807) is 4.57 Å². The van der Waals surface area contributed by atoms with Crippen LogP contribution < -0.4 is 5.56 Å². The number of thiophene rings is 1. The number of rotatable bonds is 6. The van der Waals surface area contributed by atoms with Gasteiger partial charge in [-0.1, -0.05) is 18.7 Å². The average Bonchev–Trinajstić information content (AvgIpc) is 3.37. The topological polar surface area (TPSA) is 55.2 Å². The molecule has 0 atom stereocenters. The first kappa shape index (κ1) is 19.0. The van der Waals surface area contributed by atoms with E-state index >= 15 is 0 Å². The predicted octanol–water partition coefficient (Wildman–Crippen LogP) is 4.14. The normalized spacial score (nSPS) is 22.9. The Labute approximate surface area is 168 Å². The van der Waals surface area contributed by atoms with Crippen LogP contribution in [0.1, 0.15) is 52.4 Å². The van der Waals surface area contributed by atoms with Crippen LogP contribution in [0.3, 0.4) is 0 Å². The highest BCUT2D eigenvalue weighted by Gasteiger charge is 2.38. The number of amides is 1. The van der Waals surface area contributed by atoms with Gasteiger partial charge in [-0.05, 0) is 62.8 Å². The fraction of sp³-hybridized carbons (Fsp3) is 0.650. The summed E-state index contributed by atoms with van der Waals surface area (Å²) in [5.74, 6) is 1.36. The number of fused-ring (bicyclic) bond motifs is 1. The van der Waals surface area contributed by atoms with Gasteiger partial charge in [-0.3, -0.25) is 14.2 Å². The third-order valence-corrected chi connectivity index (χ3v) is 7.63. The number of hydrogen-bond acceptors (Lipinski definition) is 5. The SMILES string of the molecule is CCn1c(SCC(=O)N(C2CCC(C)CC2)C2CC2)nc2ccsc2c1=O. The highest BCUT2D eigenvalue weighted by molar-refractivity contribution is 7.99. The molecule has 0 aliphatic heterocycles. The lowest BCUT2D eigenvalue weighted by atomic mass is 9.86. The van der Waals surface area contributed by atoms with Crippen LogP contribution in [0, 0.1) is 5.92 Å². The van der Waals surface area contributed by atoms with Crippen molar-refractivity contribution in [3.05, 3.63) is 21.8 Å². The Hall–Kier alpha value is -1.34. The number of hydrogen-bond donors (Lipinski definition) is 0. The number of thioether (sulfide) groups is 1. The molecule has 5 nitrogen and oxygen atoms in total. The fourth-order valence-corrected chi connectivity index (χ4v) is 5.80. The van der Waals surface area contributed by atoms with Crippen LogP contribution in [0.5, 0.6) is 0 Å². The van der Waals surface area contributed by atoms with Crippen LogP contribution in [0.25, 0.3) is 10.2 Å². The van der Waals surface area contributed by atoms with Gasteiger partial charge in [0.25, 0.3) is 5.56 Å². The van der Waals surface area contributed by atoms with E-state index in [2.05, 4.69) is 16.8 Å². The molecule has 7 heteroatoms. The Morgan fingerprint density at radius 1 is 1.26 bits per heavy atom. The van der Waals surface area contributed by atoms with Crippen molar-refractivity contribution in [3.63, 3.8) is 0 Å². The molecule has 1 amide bonds. The van der Waals surface area contributed by atoms with Crippen molar-refractivity contribution < 1.29 is 4.79 Å². The molecule has 2 aromatic heterocycles. The van der Waals surface area contributed by atoms with Crippen LogP contribution in [-0.2, 0) is 11.3 Å². The summed E-state index contributed by atoms with van der Waals surface area (Å²) in [7, 11) is 0. The Balaban J connectivity index is 1.49. The predicted molar refractivity (Wildman–Crippen MR) is 112 cm³/mol. The molecule has 27 heavy (non-hydrogen) atoms. The molecular weight excluding hydrogens is 378 g/mol. The van der Waals surface area contributed by atoms with E-state index < -0.39 is 0 Å². The summed E-state index contributed by atoms with van der Waals surface area (Å²) in [6.07, 6.45) is 6.99. The van der Waals surface area contributed by atoms with Crippen molar-refractivity contribution >= 4 is 39.2 Å². The van der Waals surface area contributed by atoms with E-state index in [0.29, 0.717) is 34.2 Å². The number of carbonyl (C=O) groups excluding carboxylic acids is 1. The first-order valence-electron chi connectivity index (χ1n) is 10.0.